The maximum atomic E-state index is 11.8. The summed E-state index contributed by atoms with van der Waals surface area (Å²) < 4.78 is 0.920. The van der Waals surface area contributed by atoms with Crippen LogP contribution in [0, 0.1) is 0 Å². The lowest BCUT2D eigenvalue weighted by molar-refractivity contribution is -0.118. The third kappa shape index (κ3) is 3.50. The monoisotopic (exact) mass is 308 g/mol. The molecule has 2 rings (SSSR count). The number of ketones is 1. The number of nitrogens with one attached hydrogen (secondary N) is 1. The molecule has 1 aliphatic carbocycles. The molecule has 4 nitrogen and oxygen atoms in total. The molecule has 0 atom stereocenters. The summed E-state index contributed by atoms with van der Waals surface area (Å²) >= 11 is 3.31. The van der Waals surface area contributed by atoms with Crippen molar-refractivity contribution in [3.05, 3.63) is 34.3 Å². The first-order chi connectivity index (χ1) is 8.65. The number of hydrazone groups is 1. The summed E-state index contributed by atoms with van der Waals surface area (Å²) in [5, 5.41) is 4.02. The van der Waals surface area contributed by atoms with Gasteiger partial charge in [0, 0.05) is 28.6 Å². The van der Waals surface area contributed by atoms with Gasteiger partial charge in [-0.15, -0.1) is 0 Å². The minimum atomic E-state index is -0.256. The van der Waals surface area contributed by atoms with E-state index in [2.05, 4.69) is 26.5 Å². The highest BCUT2D eigenvalue weighted by Gasteiger charge is 2.14. The van der Waals surface area contributed by atoms with Crippen molar-refractivity contribution in [2.24, 2.45) is 5.10 Å². The predicted molar refractivity (Wildman–Crippen MR) is 72.5 cm³/mol. The zero-order valence-electron chi connectivity index (χ0n) is 9.78. The topological polar surface area (TPSA) is 58.5 Å². The molecule has 1 aliphatic rings. The Morgan fingerprint density at radius 3 is 2.61 bits per heavy atom. The molecule has 1 fully saturated rings. The summed E-state index contributed by atoms with van der Waals surface area (Å²) in [5.74, 6) is -0.0640. The number of nitrogens with zero attached hydrogens (tertiary/aromatic N) is 1. The largest absolute Gasteiger partial charge is 0.299 e. The number of Topliss-reactive ketones (excluding diaryl/α,β-unsaturated/α-hetero) is 1. The maximum absolute atomic E-state index is 11.8. The van der Waals surface area contributed by atoms with E-state index in [1.54, 1.807) is 24.3 Å². The summed E-state index contributed by atoms with van der Waals surface area (Å²) in [6.07, 6.45) is 2.60. The normalized spacial score (nSPS) is 17.8. The standard InChI is InChI=1S/C13H13BrN2O2/c14-10-6-4-9(5-7-10)13(18)16-15-11-2-1-3-12(17)8-11/h4-7H,1-3,8H2,(H,16,18)/b15-11+. The molecule has 1 amide bonds. The molecule has 1 aromatic rings. The minimum Gasteiger partial charge on any atom is -0.299 e. The fourth-order valence-electron chi connectivity index (χ4n) is 1.79. The molecule has 0 heterocycles. The molecule has 1 N–H and O–H groups in total. The first-order valence-electron chi connectivity index (χ1n) is 5.78. The van der Waals surface area contributed by atoms with Crippen LogP contribution in [0.5, 0.6) is 0 Å². The summed E-state index contributed by atoms with van der Waals surface area (Å²) in [6, 6.07) is 7.02. The zero-order chi connectivity index (χ0) is 13.0. The molecular formula is C13H13BrN2O2. The predicted octanol–water partition coefficient (Wildman–Crippen LogP) is 2.68. The molecule has 5 heteroatoms. The lowest BCUT2D eigenvalue weighted by Gasteiger charge is -2.11. The number of amides is 1. The second-order valence-corrected chi connectivity index (χ2v) is 5.11. The summed E-state index contributed by atoms with van der Waals surface area (Å²) in [4.78, 5) is 23.0. The Hall–Kier alpha value is -1.49. The van der Waals surface area contributed by atoms with Crippen LogP contribution in [0.25, 0.3) is 0 Å². The quantitative estimate of drug-likeness (QED) is 0.854. The van der Waals surface area contributed by atoms with Crippen LogP contribution in [0.15, 0.2) is 33.8 Å². The second kappa shape index (κ2) is 5.91. The van der Waals surface area contributed by atoms with Crippen molar-refractivity contribution in [3.63, 3.8) is 0 Å². The molecule has 0 saturated heterocycles. The second-order valence-electron chi connectivity index (χ2n) is 4.19. The van der Waals surface area contributed by atoms with Crippen LogP contribution in [0.4, 0.5) is 0 Å². The number of hydrogen-bond acceptors (Lipinski definition) is 3. The van der Waals surface area contributed by atoms with Crippen molar-refractivity contribution in [3.8, 4) is 0 Å². The Morgan fingerprint density at radius 2 is 1.94 bits per heavy atom. The first kappa shape index (κ1) is 13.0. The van der Waals surface area contributed by atoms with Gasteiger partial charge in [0.05, 0.1) is 0 Å². The van der Waals surface area contributed by atoms with Gasteiger partial charge in [0.15, 0.2) is 0 Å². The smallest absolute Gasteiger partial charge is 0.271 e. The van der Waals surface area contributed by atoms with E-state index < -0.39 is 0 Å². The van der Waals surface area contributed by atoms with Gasteiger partial charge in [-0.05, 0) is 37.1 Å². The van der Waals surface area contributed by atoms with E-state index in [1.165, 1.54) is 0 Å². The van der Waals surface area contributed by atoms with Crippen LogP contribution >= 0.6 is 15.9 Å². The molecule has 1 aromatic carbocycles. The van der Waals surface area contributed by atoms with Crippen molar-refractivity contribution in [1.82, 2.24) is 5.43 Å². The molecule has 0 radical (unpaired) electrons. The molecule has 0 aromatic heterocycles. The number of carbonyl (C=O) groups is 2. The zero-order valence-corrected chi connectivity index (χ0v) is 11.4. The van der Waals surface area contributed by atoms with Crippen molar-refractivity contribution >= 4 is 33.3 Å². The van der Waals surface area contributed by atoms with E-state index in [0.717, 1.165) is 23.0 Å². The van der Waals surface area contributed by atoms with Gasteiger partial charge in [0.1, 0.15) is 5.78 Å². The molecule has 1 saturated carbocycles. The van der Waals surface area contributed by atoms with E-state index in [9.17, 15) is 9.59 Å². The van der Waals surface area contributed by atoms with E-state index in [4.69, 9.17) is 0 Å². The summed E-state index contributed by atoms with van der Waals surface area (Å²) in [7, 11) is 0. The van der Waals surface area contributed by atoms with Crippen molar-refractivity contribution in [2.45, 2.75) is 25.7 Å². The average molecular weight is 309 g/mol. The minimum absolute atomic E-state index is 0.192. The van der Waals surface area contributed by atoms with Crippen molar-refractivity contribution in [2.75, 3.05) is 0 Å². The van der Waals surface area contributed by atoms with Crippen LogP contribution in [-0.2, 0) is 4.79 Å². The SMILES string of the molecule is O=C1CCC/C(=N\NC(=O)c2ccc(Br)cc2)C1. The maximum Gasteiger partial charge on any atom is 0.271 e. The molecule has 94 valence electrons. The van der Waals surface area contributed by atoms with Crippen molar-refractivity contribution in [1.29, 1.82) is 0 Å². The Bertz CT molecular complexity index is 494. The molecule has 0 bridgehead atoms. The van der Waals surface area contributed by atoms with Crippen molar-refractivity contribution < 1.29 is 9.59 Å². The van der Waals surface area contributed by atoms with Crippen LogP contribution in [0.3, 0.4) is 0 Å². The van der Waals surface area contributed by atoms with Crippen LogP contribution in [0.2, 0.25) is 0 Å². The number of rotatable bonds is 2. The highest BCUT2D eigenvalue weighted by molar-refractivity contribution is 9.10. The molecule has 0 aliphatic heterocycles. The first-order valence-corrected chi connectivity index (χ1v) is 6.57. The molecular weight excluding hydrogens is 296 g/mol. The van der Waals surface area contributed by atoms with Gasteiger partial charge < -0.3 is 0 Å². The van der Waals surface area contributed by atoms with Gasteiger partial charge in [0.25, 0.3) is 5.91 Å². The highest BCUT2D eigenvalue weighted by atomic mass is 79.9. The Kier molecular flexibility index (Phi) is 4.25. The fourth-order valence-corrected chi connectivity index (χ4v) is 2.05. The highest BCUT2D eigenvalue weighted by Crippen LogP contribution is 2.12. The van der Waals surface area contributed by atoms with E-state index >= 15 is 0 Å². The number of hydrogen-bond donors (Lipinski definition) is 1. The number of halogens is 1. The number of carbonyl (C=O) groups excluding carboxylic acids is 2. The Morgan fingerprint density at radius 1 is 1.22 bits per heavy atom. The Labute approximate surface area is 114 Å². The molecule has 18 heavy (non-hydrogen) atoms. The lowest BCUT2D eigenvalue weighted by atomic mass is 9.97. The van der Waals surface area contributed by atoms with Gasteiger partial charge in [-0.3, -0.25) is 9.59 Å². The van der Waals surface area contributed by atoms with Gasteiger partial charge in [-0.2, -0.15) is 5.10 Å². The average Bonchev–Trinajstić information content (AvgIpc) is 2.37. The molecule has 0 unspecified atom stereocenters. The van der Waals surface area contributed by atoms with Crippen LogP contribution in [0.1, 0.15) is 36.0 Å². The van der Waals surface area contributed by atoms with Gasteiger partial charge in [-0.1, -0.05) is 15.9 Å². The third-order valence-corrected chi connectivity index (χ3v) is 3.27. The summed E-state index contributed by atoms with van der Waals surface area (Å²) in [6.45, 7) is 0. The third-order valence-electron chi connectivity index (χ3n) is 2.74. The van der Waals surface area contributed by atoms with Gasteiger partial charge >= 0.3 is 0 Å². The van der Waals surface area contributed by atoms with Gasteiger partial charge in [-0.25, -0.2) is 5.43 Å². The van der Waals surface area contributed by atoms with E-state index in [1.807, 2.05) is 0 Å². The van der Waals surface area contributed by atoms with Crippen LogP contribution < -0.4 is 5.43 Å². The molecule has 0 spiro atoms. The van der Waals surface area contributed by atoms with Gasteiger partial charge in [0.2, 0.25) is 0 Å². The fraction of sp³-hybridized carbons (Fsp3) is 0.308. The van der Waals surface area contributed by atoms with E-state index in [-0.39, 0.29) is 11.7 Å². The van der Waals surface area contributed by atoms with Crippen LogP contribution in [-0.4, -0.2) is 17.4 Å². The Balaban J connectivity index is 1.97. The number of benzene rings is 1. The van der Waals surface area contributed by atoms with E-state index in [0.29, 0.717) is 18.4 Å². The lowest BCUT2D eigenvalue weighted by Crippen LogP contribution is -2.22. The summed E-state index contributed by atoms with van der Waals surface area (Å²) in [5.41, 5.74) is 3.80.